The van der Waals surface area contributed by atoms with Gasteiger partial charge in [-0.1, -0.05) is 11.6 Å². The summed E-state index contributed by atoms with van der Waals surface area (Å²) < 4.78 is 3.13. The van der Waals surface area contributed by atoms with Crippen molar-refractivity contribution in [3.05, 3.63) is 23.2 Å². The molecule has 0 aliphatic rings. The number of carbonyl (C=O) groups is 1. The van der Waals surface area contributed by atoms with Gasteiger partial charge in [0.1, 0.15) is 0 Å². The lowest BCUT2D eigenvalue weighted by molar-refractivity contribution is 0.0689. The summed E-state index contributed by atoms with van der Waals surface area (Å²) in [5.74, 6) is -0.564. The second-order valence-corrected chi connectivity index (χ2v) is 2.99. The SMILES string of the molecule is Cn1ccn2c(C(=O)O)c(Cl)nc12. The van der Waals surface area contributed by atoms with E-state index in [1.165, 1.54) is 4.40 Å². The van der Waals surface area contributed by atoms with Crippen LogP contribution in [-0.4, -0.2) is 25.0 Å². The summed E-state index contributed by atoms with van der Waals surface area (Å²) in [7, 11) is 1.77. The molecule has 2 rings (SSSR count). The molecule has 2 aromatic rings. The molecular formula is C7H6ClN3O2. The first-order chi connectivity index (χ1) is 6.11. The number of halogens is 1. The van der Waals surface area contributed by atoms with E-state index >= 15 is 0 Å². The number of nitrogens with zero attached hydrogens (tertiary/aromatic N) is 3. The second-order valence-electron chi connectivity index (χ2n) is 2.64. The molecule has 0 aromatic carbocycles. The molecule has 0 unspecified atom stereocenters. The molecule has 5 nitrogen and oxygen atoms in total. The lowest BCUT2D eigenvalue weighted by atomic mass is 10.5. The Morgan fingerprint density at radius 3 is 2.92 bits per heavy atom. The van der Waals surface area contributed by atoms with Gasteiger partial charge >= 0.3 is 5.97 Å². The van der Waals surface area contributed by atoms with Crippen molar-refractivity contribution in [1.82, 2.24) is 14.0 Å². The van der Waals surface area contributed by atoms with Gasteiger partial charge in [-0.3, -0.25) is 4.40 Å². The summed E-state index contributed by atoms with van der Waals surface area (Å²) in [5.41, 5.74) is -0.00253. The first kappa shape index (κ1) is 8.12. The van der Waals surface area contributed by atoms with Crippen LogP contribution in [0.2, 0.25) is 5.15 Å². The third-order valence-corrected chi connectivity index (χ3v) is 2.07. The van der Waals surface area contributed by atoms with E-state index in [-0.39, 0.29) is 10.8 Å². The summed E-state index contributed by atoms with van der Waals surface area (Å²) >= 11 is 5.65. The van der Waals surface area contributed by atoms with Gasteiger partial charge in [0.05, 0.1) is 0 Å². The zero-order valence-electron chi connectivity index (χ0n) is 6.73. The molecule has 13 heavy (non-hydrogen) atoms. The molecule has 0 aliphatic heterocycles. The summed E-state index contributed by atoms with van der Waals surface area (Å²) in [6, 6.07) is 0. The number of hydrogen-bond acceptors (Lipinski definition) is 2. The zero-order valence-corrected chi connectivity index (χ0v) is 7.49. The number of aryl methyl sites for hydroxylation is 1. The quantitative estimate of drug-likeness (QED) is 0.746. The molecule has 1 N–H and O–H groups in total. The highest BCUT2D eigenvalue weighted by Gasteiger charge is 2.18. The van der Waals surface area contributed by atoms with Gasteiger partial charge in [0.25, 0.3) is 0 Å². The van der Waals surface area contributed by atoms with Crippen molar-refractivity contribution in [3.8, 4) is 0 Å². The first-order valence-corrected chi connectivity index (χ1v) is 3.91. The topological polar surface area (TPSA) is 59.5 Å². The van der Waals surface area contributed by atoms with Gasteiger partial charge in [0.15, 0.2) is 10.8 Å². The molecule has 0 atom stereocenters. The van der Waals surface area contributed by atoms with Crippen molar-refractivity contribution < 1.29 is 9.90 Å². The van der Waals surface area contributed by atoms with E-state index in [1.54, 1.807) is 24.0 Å². The van der Waals surface area contributed by atoms with Gasteiger partial charge in [-0.25, -0.2) is 4.79 Å². The zero-order chi connectivity index (χ0) is 9.59. The molecule has 2 aromatic heterocycles. The smallest absolute Gasteiger partial charge is 0.356 e. The van der Waals surface area contributed by atoms with E-state index in [0.29, 0.717) is 5.78 Å². The number of aromatic carboxylic acids is 1. The van der Waals surface area contributed by atoms with Crippen molar-refractivity contribution in [2.75, 3.05) is 0 Å². The monoisotopic (exact) mass is 199 g/mol. The van der Waals surface area contributed by atoms with Crippen molar-refractivity contribution in [1.29, 1.82) is 0 Å². The highest BCUT2D eigenvalue weighted by Crippen LogP contribution is 2.17. The molecule has 0 saturated heterocycles. The molecule has 0 bridgehead atoms. The molecule has 2 heterocycles. The Balaban J connectivity index is 2.86. The Hall–Kier alpha value is -1.49. The maximum Gasteiger partial charge on any atom is 0.356 e. The minimum Gasteiger partial charge on any atom is -0.476 e. The Morgan fingerprint density at radius 2 is 2.31 bits per heavy atom. The van der Waals surface area contributed by atoms with Gasteiger partial charge in [0, 0.05) is 19.4 Å². The van der Waals surface area contributed by atoms with Crippen LogP contribution in [0, 0.1) is 0 Å². The van der Waals surface area contributed by atoms with E-state index in [4.69, 9.17) is 16.7 Å². The van der Waals surface area contributed by atoms with Gasteiger partial charge in [0.2, 0.25) is 5.78 Å². The fourth-order valence-electron chi connectivity index (χ4n) is 1.21. The van der Waals surface area contributed by atoms with Crippen LogP contribution in [0.1, 0.15) is 10.5 Å². The van der Waals surface area contributed by atoms with Crippen molar-refractivity contribution >= 4 is 23.3 Å². The van der Waals surface area contributed by atoms with E-state index in [9.17, 15) is 4.79 Å². The van der Waals surface area contributed by atoms with Gasteiger partial charge in [-0.15, -0.1) is 0 Å². The molecular weight excluding hydrogens is 194 g/mol. The normalized spacial score (nSPS) is 10.9. The Bertz CT molecular complexity index is 485. The standard InChI is InChI=1S/C7H6ClN3O2/c1-10-2-3-11-4(6(12)13)5(8)9-7(10)11/h2-3H,1H3,(H,12,13). The largest absolute Gasteiger partial charge is 0.476 e. The third kappa shape index (κ3) is 1.01. The molecule has 0 fully saturated rings. The maximum atomic E-state index is 10.8. The van der Waals surface area contributed by atoms with Crippen LogP contribution in [0.5, 0.6) is 0 Å². The average Bonchev–Trinajstić information content (AvgIpc) is 2.51. The average molecular weight is 200 g/mol. The van der Waals surface area contributed by atoms with Crippen LogP contribution in [-0.2, 0) is 7.05 Å². The number of carboxylic acid groups (broad SMARTS) is 1. The van der Waals surface area contributed by atoms with Crippen molar-refractivity contribution in [2.24, 2.45) is 7.05 Å². The van der Waals surface area contributed by atoms with E-state index in [1.807, 2.05) is 0 Å². The lowest BCUT2D eigenvalue weighted by Gasteiger charge is -1.89. The molecule has 0 amide bonds. The summed E-state index contributed by atoms with van der Waals surface area (Å²) in [6.45, 7) is 0. The fraction of sp³-hybridized carbons (Fsp3) is 0.143. The van der Waals surface area contributed by atoms with Crippen LogP contribution in [0.25, 0.3) is 5.78 Å². The fourth-order valence-corrected chi connectivity index (χ4v) is 1.46. The highest BCUT2D eigenvalue weighted by molar-refractivity contribution is 6.32. The first-order valence-electron chi connectivity index (χ1n) is 3.53. The molecule has 0 saturated carbocycles. The molecule has 68 valence electrons. The number of rotatable bonds is 1. The van der Waals surface area contributed by atoms with Crippen LogP contribution in [0.3, 0.4) is 0 Å². The summed E-state index contributed by atoms with van der Waals surface area (Å²) in [5, 5.41) is 8.82. The molecule has 0 aliphatic carbocycles. The molecule has 6 heteroatoms. The van der Waals surface area contributed by atoms with E-state index in [0.717, 1.165) is 0 Å². The Morgan fingerprint density at radius 1 is 1.62 bits per heavy atom. The maximum absolute atomic E-state index is 10.8. The van der Waals surface area contributed by atoms with Gasteiger partial charge in [-0.05, 0) is 0 Å². The number of carboxylic acids is 1. The summed E-state index contributed by atoms with van der Waals surface area (Å²) in [4.78, 5) is 14.7. The second kappa shape index (κ2) is 2.50. The Labute approximate surface area is 78.2 Å². The van der Waals surface area contributed by atoms with Gasteiger partial charge in [-0.2, -0.15) is 4.98 Å². The minimum atomic E-state index is -1.08. The molecule has 0 spiro atoms. The lowest BCUT2D eigenvalue weighted by Crippen LogP contribution is -2.00. The third-order valence-electron chi connectivity index (χ3n) is 1.81. The van der Waals surface area contributed by atoms with Crippen molar-refractivity contribution in [3.63, 3.8) is 0 Å². The predicted octanol–water partition coefficient (Wildman–Crippen LogP) is 1.02. The number of aromatic nitrogens is 3. The van der Waals surface area contributed by atoms with E-state index in [2.05, 4.69) is 4.98 Å². The van der Waals surface area contributed by atoms with E-state index < -0.39 is 5.97 Å². The number of imidazole rings is 2. The van der Waals surface area contributed by atoms with Crippen molar-refractivity contribution in [2.45, 2.75) is 0 Å². The van der Waals surface area contributed by atoms with Gasteiger partial charge < -0.3 is 9.67 Å². The van der Waals surface area contributed by atoms with Crippen LogP contribution < -0.4 is 0 Å². The van der Waals surface area contributed by atoms with Crippen LogP contribution in [0.4, 0.5) is 0 Å². The molecule has 0 radical (unpaired) electrons. The van der Waals surface area contributed by atoms with Crippen LogP contribution >= 0.6 is 11.6 Å². The summed E-state index contributed by atoms with van der Waals surface area (Å²) in [6.07, 6.45) is 3.32. The number of hydrogen-bond donors (Lipinski definition) is 1. The predicted molar refractivity (Wildman–Crippen MR) is 46.1 cm³/mol. The Kier molecular flexibility index (Phi) is 1.56. The van der Waals surface area contributed by atoms with Crippen LogP contribution in [0.15, 0.2) is 12.4 Å². The highest BCUT2D eigenvalue weighted by atomic mass is 35.5. The minimum absolute atomic E-state index is 0.00253. The number of fused-ring (bicyclic) bond motifs is 1.